The van der Waals surface area contributed by atoms with Crippen molar-refractivity contribution in [1.82, 2.24) is 14.8 Å². The molecule has 4 fully saturated rings. The van der Waals surface area contributed by atoms with Crippen molar-refractivity contribution in [3.63, 3.8) is 0 Å². The molecule has 0 amide bonds. The number of ether oxygens (including phenoxy) is 2. The number of rotatable bonds is 2. The lowest BCUT2D eigenvalue weighted by atomic mass is 9.47. The minimum atomic E-state index is -0.370. The Kier molecular flexibility index (Phi) is 3.83. The number of hydrogen-bond donors (Lipinski definition) is 1. The molecule has 7 atom stereocenters. The zero-order valence-electron chi connectivity index (χ0n) is 18.8. The highest BCUT2D eigenvalue weighted by atomic mass is 16.6. The molecule has 1 saturated heterocycles. The number of aliphatic hydroxyl groups is 1. The fourth-order valence-corrected chi connectivity index (χ4v) is 8.50. The van der Waals surface area contributed by atoms with E-state index in [1.54, 1.807) is 0 Å². The molecule has 3 heterocycles. The average molecular weight is 434 g/mol. The Labute approximate surface area is 188 Å². The lowest BCUT2D eigenvalue weighted by Gasteiger charge is -2.65. The van der Waals surface area contributed by atoms with Crippen LogP contribution in [0, 0.1) is 23.2 Å². The van der Waals surface area contributed by atoms with Crippen LogP contribution < -0.4 is 0 Å². The molecule has 32 heavy (non-hydrogen) atoms. The van der Waals surface area contributed by atoms with E-state index in [0.717, 1.165) is 43.6 Å². The van der Waals surface area contributed by atoms with Crippen molar-refractivity contribution in [2.24, 2.45) is 23.2 Å². The van der Waals surface area contributed by atoms with Gasteiger partial charge in [0.1, 0.15) is 11.2 Å². The molecule has 6 nitrogen and oxygen atoms in total. The van der Waals surface area contributed by atoms with E-state index in [1.165, 1.54) is 11.1 Å². The largest absolute Gasteiger partial charge is 0.393 e. The van der Waals surface area contributed by atoms with Crippen LogP contribution in [0.1, 0.15) is 50.3 Å². The van der Waals surface area contributed by atoms with Crippen molar-refractivity contribution < 1.29 is 14.6 Å². The number of fused-ring (bicyclic) bond motifs is 5. The second kappa shape index (κ2) is 6.31. The minimum absolute atomic E-state index is 0.0447. The standard InChI is InChI=1S/C26H31N3O3/c1-24-12-16-14-28-29(22-5-3-4-10-27-22)20(16)11-17(24)6-7-18-19-8-9-25(31-2)15-32-26(19,25)13-21(30)23(18)24/h3-5,10-11,14,18-19,21,23,30H,6-9,12-13,15H2,1-2H3. The summed E-state index contributed by atoms with van der Waals surface area (Å²) in [6, 6.07) is 5.93. The molecule has 3 saturated carbocycles. The molecule has 1 N–H and O–H groups in total. The maximum absolute atomic E-state index is 11.6. The summed E-state index contributed by atoms with van der Waals surface area (Å²) in [6.45, 7) is 3.07. The third-order valence-corrected chi connectivity index (χ3v) is 9.93. The zero-order valence-corrected chi connectivity index (χ0v) is 18.8. The van der Waals surface area contributed by atoms with E-state index >= 15 is 0 Å². The predicted octanol–water partition coefficient (Wildman–Crippen LogP) is 3.57. The molecule has 0 bridgehead atoms. The molecule has 4 aliphatic carbocycles. The topological polar surface area (TPSA) is 69.4 Å². The van der Waals surface area contributed by atoms with Crippen LogP contribution in [-0.2, 0) is 15.9 Å². The number of methoxy groups -OCH3 is 1. The van der Waals surface area contributed by atoms with Gasteiger partial charge in [0.15, 0.2) is 5.82 Å². The van der Waals surface area contributed by atoms with Crippen molar-refractivity contribution in [2.45, 2.75) is 62.8 Å². The number of allylic oxidation sites excluding steroid dienone is 1. The van der Waals surface area contributed by atoms with Gasteiger partial charge in [0.2, 0.25) is 0 Å². The Morgan fingerprint density at radius 1 is 1.28 bits per heavy atom. The highest BCUT2D eigenvalue weighted by Gasteiger charge is 2.74. The number of aliphatic hydroxyl groups excluding tert-OH is 1. The summed E-state index contributed by atoms with van der Waals surface area (Å²) in [5.74, 6) is 2.07. The SMILES string of the molecule is COC12CCC3C4CCC5=Cc6c(cnn6-c6ccccn6)CC5(C)C4C(O)CC31OC2. The number of nitrogens with zero attached hydrogens (tertiary/aromatic N) is 3. The van der Waals surface area contributed by atoms with Crippen LogP contribution in [0.3, 0.4) is 0 Å². The maximum Gasteiger partial charge on any atom is 0.153 e. The Balaban J connectivity index is 1.27. The van der Waals surface area contributed by atoms with Gasteiger partial charge in [0.25, 0.3) is 0 Å². The molecule has 0 radical (unpaired) electrons. The van der Waals surface area contributed by atoms with Gasteiger partial charge in [-0.2, -0.15) is 5.10 Å². The Hall–Kier alpha value is -2.02. The van der Waals surface area contributed by atoms with Crippen LogP contribution in [0.5, 0.6) is 0 Å². The van der Waals surface area contributed by atoms with Crippen molar-refractivity contribution in [3.05, 3.63) is 47.4 Å². The number of aromatic nitrogens is 3. The lowest BCUT2D eigenvalue weighted by molar-refractivity contribution is -0.342. The fraction of sp³-hybridized carbons (Fsp3) is 0.615. The van der Waals surface area contributed by atoms with Gasteiger partial charge in [-0.25, -0.2) is 9.67 Å². The van der Waals surface area contributed by atoms with Crippen LogP contribution in [-0.4, -0.2) is 50.9 Å². The monoisotopic (exact) mass is 433 g/mol. The van der Waals surface area contributed by atoms with Gasteiger partial charge in [-0.15, -0.1) is 0 Å². The molecular formula is C26H31N3O3. The summed E-state index contributed by atoms with van der Waals surface area (Å²) in [7, 11) is 1.83. The molecule has 0 aromatic carbocycles. The first kappa shape index (κ1) is 19.4. The maximum atomic E-state index is 11.6. The second-order valence-electron chi connectivity index (χ2n) is 10.9. The van der Waals surface area contributed by atoms with Crippen molar-refractivity contribution >= 4 is 6.08 Å². The quantitative estimate of drug-likeness (QED) is 0.784. The molecule has 168 valence electrons. The van der Waals surface area contributed by atoms with Crippen LogP contribution in [0.15, 0.2) is 36.2 Å². The molecule has 6 heteroatoms. The van der Waals surface area contributed by atoms with E-state index in [0.29, 0.717) is 24.9 Å². The van der Waals surface area contributed by atoms with Gasteiger partial charge in [0, 0.05) is 19.7 Å². The Morgan fingerprint density at radius 3 is 2.94 bits per heavy atom. The lowest BCUT2D eigenvalue weighted by Crippen LogP contribution is -2.74. The molecule has 2 aromatic heterocycles. The third kappa shape index (κ3) is 2.17. The smallest absolute Gasteiger partial charge is 0.153 e. The van der Waals surface area contributed by atoms with E-state index in [4.69, 9.17) is 14.6 Å². The van der Waals surface area contributed by atoms with Crippen molar-refractivity contribution in [1.29, 1.82) is 0 Å². The van der Waals surface area contributed by atoms with Gasteiger partial charge in [-0.05, 0) is 79.0 Å². The molecule has 1 aliphatic heterocycles. The summed E-state index contributed by atoms with van der Waals surface area (Å²) in [6.07, 6.45) is 11.8. The molecule has 5 aliphatic rings. The van der Waals surface area contributed by atoms with E-state index in [-0.39, 0.29) is 28.6 Å². The molecule has 2 aromatic rings. The molecule has 7 unspecified atom stereocenters. The molecular weight excluding hydrogens is 402 g/mol. The normalized spacial score (nSPS) is 43.8. The van der Waals surface area contributed by atoms with Crippen molar-refractivity contribution in [2.75, 3.05) is 13.7 Å². The van der Waals surface area contributed by atoms with E-state index < -0.39 is 0 Å². The second-order valence-corrected chi connectivity index (χ2v) is 10.9. The third-order valence-electron chi connectivity index (χ3n) is 9.93. The summed E-state index contributed by atoms with van der Waals surface area (Å²) in [5, 5.41) is 16.3. The summed E-state index contributed by atoms with van der Waals surface area (Å²) in [4.78, 5) is 4.51. The number of pyridine rings is 1. The first-order chi connectivity index (χ1) is 15.5. The zero-order chi connectivity index (χ0) is 21.7. The van der Waals surface area contributed by atoms with E-state index in [2.05, 4.69) is 18.0 Å². The van der Waals surface area contributed by atoms with Gasteiger partial charge >= 0.3 is 0 Å². The van der Waals surface area contributed by atoms with Gasteiger partial charge < -0.3 is 14.6 Å². The predicted molar refractivity (Wildman–Crippen MR) is 119 cm³/mol. The highest BCUT2D eigenvalue weighted by Crippen LogP contribution is 2.68. The van der Waals surface area contributed by atoms with Crippen LogP contribution in [0.25, 0.3) is 11.9 Å². The van der Waals surface area contributed by atoms with Crippen LogP contribution >= 0.6 is 0 Å². The van der Waals surface area contributed by atoms with Crippen molar-refractivity contribution in [3.8, 4) is 5.82 Å². The molecule has 7 rings (SSSR count). The van der Waals surface area contributed by atoms with E-state index in [9.17, 15) is 5.11 Å². The van der Waals surface area contributed by atoms with Gasteiger partial charge in [0.05, 0.1) is 24.6 Å². The minimum Gasteiger partial charge on any atom is -0.393 e. The summed E-state index contributed by atoms with van der Waals surface area (Å²) >= 11 is 0. The van der Waals surface area contributed by atoms with Gasteiger partial charge in [-0.3, -0.25) is 0 Å². The summed E-state index contributed by atoms with van der Waals surface area (Å²) < 4.78 is 14.3. The Bertz CT molecular complexity index is 1110. The first-order valence-electron chi connectivity index (χ1n) is 12.1. The summed E-state index contributed by atoms with van der Waals surface area (Å²) in [5.41, 5.74) is 3.38. The first-order valence-corrected chi connectivity index (χ1v) is 12.1. The fourth-order valence-electron chi connectivity index (χ4n) is 8.50. The number of hydrogen-bond acceptors (Lipinski definition) is 5. The van der Waals surface area contributed by atoms with Gasteiger partial charge in [-0.1, -0.05) is 18.6 Å². The molecule has 1 spiro atoms. The van der Waals surface area contributed by atoms with E-state index in [1.807, 2.05) is 42.4 Å². The highest BCUT2D eigenvalue weighted by molar-refractivity contribution is 5.61. The van der Waals surface area contributed by atoms with Crippen LogP contribution in [0.2, 0.25) is 0 Å². The van der Waals surface area contributed by atoms with Crippen LogP contribution in [0.4, 0.5) is 0 Å². The average Bonchev–Trinajstić information content (AvgIpc) is 3.29. The Morgan fingerprint density at radius 2 is 2.19 bits per heavy atom.